The Morgan fingerprint density at radius 1 is 0.889 bits per heavy atom. The fraction of sp³-hybridized carbons (Fsp3) is 0.300. The molecule has 3 rings (SSSR count). The summed E-state index contributed by atoms with van der Waals surface area (Å²) >= 11 is 0. The monoisotopic (exact) mass is 373 g/mol. The van der Waals surface area contributed by atoms with E-state index in [9.17, 15) is 18.4 Å². The molecule has 2 aromatic carbocycles. The van der Waals surface area contributed by atoms with Gasteiger partial charge >= 0.3 is 0 Å². The molecule has 0 unspecified atom stereocenters. The van der Waals surface area contributed by atoms with Crippen LogP contribution in [0.15, 0.2) is 48.5 Å². The van der Waals surface area contributed by atoms with E-state index < -0.39 is 17.5 Å². The van der Waals surface area contributed by atoms with Gasteiger partial charge in [0.05, 0.1) is 0 Å². The van der Waals surface area contributed by atoms with Crippen molar-refractivity contribution in [1.82, 2.24) is 15.1 Å². The van der Waals surface area contributed by atoms with E-state index in [1.807, 2.05) is 35.2 Å². The molecule has 0 bridgehead atoms. The Hall–Kier alpha value is -2.80. The highest BCUT2D eigenvalue weighted by atomic mass is 19.2. The molecule has 0 spiro atoms. The predicted octanol–water partition coefficient (Wildman–Crippen LogP) is 2.15. The number of halogens is 2. The van der Waals surface area contributed by atoms with Crippen molar-refractivity contribution in [2.75, 3.05) is 39.3 Å². The second kappa shape index (κ2) is 8.73. The second-order valence-corrected chi connectivity index (χ2v) is 6.38. The van der Waals surface area contributed by atoms with Crippen LogP contribution in [0, 0.1) is 11.6 Å². The summed E-state index contributed by atoms with van der Waals surface area (Å²) in [6.45, 7) is 3.72. The minimum atomic E-state index is -1.04. The largest absolute Gasteiger partial charge is 0.351 e. The van der Waals surface area contributed by atoms with Crippen LogP contribution in [0.2, 0.25) is 0 Å². The van der Waals surface area contributed by atoms with Crippen LogP contribution in [-0.2, 0) is 0 Å². The molecular weight excluding hydrogens is 352 g/mol. The molecule has 1 saturated heterocycles. The number of nitrogens with one attached hydrogen (secondary N) is 1. The van der Waals surface area contributed by atoms with Gasteiger partial charge < -0.3 is 10.2 Å². The van der Waals surface area contributed by atoms with E-state index >= 15 is 0 Å². The lowest BCUT2D eigenvalue weighted by Gasteiger charge is -2.34. The van der Waals surface area contributed by atoms with E-state index in [4.69, 9.17) is 0 Å². The number of piperazine rings is 1. The van der Waals surface area contributed by atoms with E-state index in [0.29, 0.717) is 31.7 Å². The fourth-order valence-corrected chi connectivity index (χ4v) is 3.00. The lowest BCUT2D eigenvalue weighted by molar-refractivity contribution is 0.0638. The van der Waals surface area contributed by atoms with Gasteiger partial charge in [-0.25, -0.2) is 8.78 Å². The molecular formula is C20H21F2N3O2. The van der Waals surface area contributed by atoms with Gasteiger partial charge in [-0.2, -0.15) is 0 Å². The van der Waals surface area contributed by atoms with Crippen LogP contribution in [0.3, 0.4) is 0 Å². The average Bonchev–Trinajstić information content (AvgIpc) is 2.70. The molecule has 27 heavy (non-hydrogen) atoms. The van der Waals surface area contributed by atoms with Crippen molar-refractivity contribution in [3.8, 4) is 0 Å². The van der Waals surface area contributed by atoms with Gasteiger partial charge in [-0.05, 0) is 30.3 Å². The number of carbonyl (C=O) groups excluding carboxylic acids is 2. The maximum atomic E-state index is 13.2. The van der Waals surface area contributed by atoms with Crippen molar-refractivity contribution in [1.29, 1.82) is 0 Å². The number of carbonyl (C=O) groups is 2. The molecule has 1 heterocycles. The van der Waals surface area contributed by atoms with E-state index in [1.54, 1.807) is 0 Å². The highest BCUT2D eigenvalue weighted by Gasteiger charge is 2.21. The Bertz CT molecular complexity index is 806. The normalized spacial score (nSPS) is 14.8. The van der Waals surface area contributed by atoms with Crippen LogP contribution < -0.4 is 5.32 Å². The van der Waals surface area contributed by atoms with Gasteiger partial charge in [-0.15, -0.1) is 0 Å². The van der Waals surface area contributed by atoms with Crippen molar-refractivity contribution in [2.24, 2.45) is 0 Å². The highest BCUT2D eigenvalue weighted by Crippen LogP contribution is 2.10. The van der Waals surface area contributed by atoms with Crippen LogP contribution in [0.4, 0.5) is 8.78 Å². The molecule has 2 aromatic rings. The van der Waals surface area contributed by atoms with E-state index in [-0.39, 0.29) is 11.5 Å². The van der Waals surface area contributed by atoms with Gasteiger partial charge in [-0.3, -0.25) is 14.5 Å². The Kier molecular flexibility index (Phi) is 6.13. The third kappa shape index (κ3) is 4.89. The Labute approximate surface area is 156 Å². The van der Waals surface area contributed by atoms with Crippen LogP contribution in [0.5, 0.6) is 0 Å². The van der Waals surface area contributed by atoms with Gasteiger partial charge in [0.2, 0.25) is 0 Å². The number of hydrogen-bond donors (Lipinski definition) is 1. The summed E-state index contributed by atoms with van der Waals surface area (Å²) in [5, 5.41) is 2.70. The molecule has 0 aliphatic carbocycles. The zero-order valence-electron chi connectivity index (χ0n) is 14.8. The molecule has 0 saturated carbocycles. The smallest absolute Gasteiger partial charge is 0.253 e. The van der Waals surface area contributed by atoms with Gasteiger partial charge in [0.15, 0.2) is 11.6 Å². The molecule has 1 aliphatic heterocycles. The van der Waals surface area contributed by atoms with Crippen molar-refractivity contribution in [3.63, 3.8) is 0 Å². The Morgan fingerprint density at radius 2 is 1.59 bits per heavy atom. The topological polar surface area (TPSA) is 52.7 Å². The van der Waals surface area contributed by atoms with E-state index in [0.717, 1.165) is 25.2 Å². The number of rotatable bonds is 5. The van der Waals surface area contributed by atoms with Crippen molar-refractivity contribution in [3.05, 3.63) is 71.3 Å². The summed E-state index contributed by atoms with van der Waals surface area (Å²) in [4.78, 5) is 28.4. The van der Waals surface area contributed by atoms with Crippen LogP contribution >= 0.6 is 0 Å². The maximum Gasteiger partial charge on any atom is 0.253 e. The summed E-state index contributed by atoms with van der Waals surface area (Å²) in [6.07, 6.45) is 0. The zero-order chi connectivity index (χ0) is 19.2. The number of benzene rings is 2. The molecule has 1 aliphatic rings. The van der Waals surface area contributed by atoms with E-state index in [1.165, 1.54) is 6.07 Å². The van der Waals surface area contributed by atoms with Crippen LogP contribution in [0.1, 0.15) is 20.7 Å². The molecule has 0 radical (unpaired) electrons. The third-order valence-corrected chi connectivity index (χ3v) is 4.58. The number of amides is 2. The van der Waals surface area contributed by atoms with Crippen molar-refractivity contribution >= 4 is 11.8 Å². The lowest BCUT2D eigenvalue weighted by atomic mass is 10.2. The van der Waals surface area contributed by atoms with Gasteiger partial charge in [0.25, 0.3) is 11.8 Å². The van der Waals surface area contributed by atoms with Gasteiger partial charge in [-0.1, -0.05) is 18.2 Å². The Balaban J connectivity index is 1.41. The maximum absolute atomic E-state index is 13.2. The summed E-state index contributed by atoms with van der Waals surface area (Å²) in [6, 6.07) is 12.3. The molecule has 0 atom stereocenters. The third-order valence-electron chi connectivity index (χ3n) is 4.58. The SMILES string of the molecule is O=C(NCCN1CCN(C(=O)c2ccccc2)CC1)c1ccc(F)c(F)c1. The molecule has 1 fully saturated rings. The molecule has 0 aromatic heterocycles. The Morgan fingerprint density at radius 3 is 2.26 bits per heavy atom. The molecule has 1 N–H and O–H groups in total. The first-order valence-corrected chi connectivity index (χ1v) is 8.84. The lowest BCUT2D eigenvalue weighted by Crippen LogP contribution is -2.50. The summed E-state index contributed by atoms with van der Waals surface area (Å²) in [7, 11) is 0. The summed E-state index contributed by atoms with van der Waals surface area (Å²) in [5.41, 5.74) is 0.775. The first kappa shape index (κ1) is 19.0. The standard InChI is InChI=1S/C20H21F2N3O2/c21-17-7-6-16(14-18(17)22)19(26)23-8-9-24-10-12-25(13-11-24)20(27)15-4-2-1-3-5-15/h1-7,14H,8-13H2,(H,23,26). The minimum Gasteiger partial charge on any atom is -0.351 e. The van der Waals surface area contributed by atoms with Gasteiger partial charge in [0.1, 0.15) is 0 Å². The number of nitrogens with zero attached hydrogens (tertiary/aromatic N) is 2. The fourth-order valence-electron chi connectivity index (χ4n) is 3.00. The van der Waals surface area contributed by atoms with Crippen molar-refractivity contribution in [2.45, 2.75) is 0 Å². The summed E-state index contributed by atoms with van der Waals surface area (Å²) in [5.74, 6) is -2.43. The first-order chi connectivity index (χ1) is 13.0. The first-order valence-electron chi connectivity index (χ1n) is 8.84. The quantitative estimate of drug-likeness (QED) is 0.874. The van der Waals surface area contributed by atoms with E-state index in [2.05, 4.69) is 10.2 Å². The zero-order valence-corrected chi connectivity index (χ0v) is 14.8. The molecule has 142 valence electrons. The number of hydrogen-bond acceptors (Lipinski definition) is 3. The van der Waals surface area contributed by atoms with Crippen LogP contribution in [0.25, 0.3) is 0 Å². The highest BCUT2D eigenvalue weighted by molar-refractivity contribution is 5.94. The second-order valence-electron chi connectivity index (χ2n) is 6.38. The van der Waals surface area contributed by atoms with Crippen molar-refractivity contribution < 1.29 is 18.4 Å². The minimum absolute atomic E-state index is 0.0295. The average molecular weight is 373 g/mol. The molecule has 5 nitrogen and oxygen atoms in total. The van der Waals surface area contributed by atoms with Crippen LogP contribution in [-0.4, -0.2) is 60.9 Å². The molecule has 2 amide bonds. The molecule has 7 heteroatoms. The summed E-state index contributed by atoms with van der Waals surface area (Å²) < 4.78 is 26.1. The van der Waals surface area contributed by atoms with Gasteiger partial charge in [0, 0.05) is 50.4 Å². The predicted molar refractivity (Wildman–Crippen MR) is 97.5 cm³/mol.